The van der Waals surface area contributed by atoms with Crippen molar-refractivity contribution in [2.45, 2.75) is 20.4 Å². The Kier molecular flexibility index (Phi) is 6.31. The Morgan fingerprint density at radius 2 is 1.87 bits per heavy atom. The monoisotopic (exact) mass is 350 g/mol. The van der Waals surface area contributed by atoms with E-state index in [4.69, 9.17) is 23.2 Å². The molecular weight excluding hydrogens is 331 g/mol. The van der Waals surface area contributed by atoms with E-state index in [1.807, 2.05) is 30.3 Å². The van der Waals surface area contributed by atoms with Gasteiger partial charge < -0.3 is 10.6 Å². The summed E-state index contributed by atoms with van der Waals surface area (Å²) in [4.78, 5) is 12.1. The Balaban J connectivity index is 1.99. The number of hydrogen-bond donors (Lipinski definition) is 2. The molecule has 5 heteroatoms. The highest BCUT2D eigenvalue weighted by Gasteiger charge is 2.07. The Morgan fingerprint density at radius 3 is 2.57 bits per heavy atom. The van der Waals surface area contributed by atoms with Crippen LogP contribution in [-0.4, -0.2) is 12.5 Å². The minimum Gasteiger partial charge on any atom is -0.381 e. The molecule has 0 radical (unpaired) electrons. The maximum absolute atomic E-state index is 12.1. The summed E-state index contributed by atoms with van der Waals surface area (Å²) in [6.45, 7) is 5.40. The van der Waals surface area contributed by atoms with Crippen molar-refractivity contribution in [1.82, 2.24) is 5.32 Å². The van der Waals surface area contributed by atoms with Gasteiger partial charge in [-0.3, -0.25) is 4.79 Å². The zero-order valence-corrected chi connectivity index (χ0v) is 14.7. The van der Waals surface area contributed by atoms with E-state index < -0.39 is 0 Å². The molecule has 0 saturated carbocycles. The molecule has 2 aromatic carbocycles. The number of amides is 1. The van der Waals surface area contributed by atoms with E-state index in [-0.39, 0.29) is 5.91 Å². The Labute approximate surface area is 147 Å². The van der Waals surface area contributed by atoms with Gasteiger partial charge in [0.05, 0.1) is 10.0 Å². The van der Waals surface area contributed by atoms with E-state index in [1.54, 1.807) is 12.1 Å². The third kappa shape index (κ3) is 5.45. The minimum absolute atomic E-state index is 0.0584. The van der Waals surface area contributed by atoms with E-state index >= 15 is 0 Å². The standard InChI is InChI=1S/C18H20Cl2N2O/c1-12(2)10-22-18(23)14-4-3-5-15(9-14)21-11-13-6-7-16(19)17(20)8-13/h3-9,12,21H,10-11H2,1-2H3,(H,22,23). The second-order valence-electron chi connectivity index (χ2n) is 5.79. The zero-order valence-electron chi connectivity index (χ0n) is 13.2. The summed E-state index contributed by atoms with van der Waals surface area (Å²) in [5.41, 5.74) is 2.55. The molecule has 0 aliphatic carbocycles. The van der Waals surface area contributed by atoms with Gasteiger partial charge in [0.2, 0.25) is 0 Å². The first-order valence-electron chi connectivity index (χ1n) is 7.52. The summed E-state index contributed by atoms with van der Waals surface area (Å²) >= 11 is 11.9. The molecule has 23 heavy (non-hydrogen) atoms. The van der Waals surface area contributed by atoms with Crippen LogP contribution in [0.3, 0.4) is 0 Å². The van der Waals surface area contributed by atoms with Crippen molar-refractivity contribution in [3.05, 3.63) is 63.6 Å². The summed E-state index contributed by atoms with van der Waals surface area (Å²) in [7, 11) is 0. The highest BCUT2D eigenvalue weighted by atomic mass is 35.5. The highest BCUT2D eigenvalue weighted by molar-refractivity contribution is 6.42. The number of carbonyl (C=O) groups excluding carboxylic acids is 1. The fourth-order valence-electron chi connectivity index (χ4n) is 2.02. The minimum atomic E-state index is -0.0584. The topological polar surface area (TPSA) is 41.1 Å². The van der Waals surface area contributed by atoms with Crippen LogP contribution in [0.15, 0.2) is 42.5 Å². The van der Waals surface area contributed by atoms with Crippen LogP contribution in [0, 0.1) is 5.92 Å². The van der Waals surface area contributed by atoms with Gasteiger partial charge in [-0.05, 0) is 41.8 Å². The molecule has 0 aliphatic heterocycles. The molecule has 0 aromatic heterocycles. The molecule has 2 rings (SSSR count). The second-order valence-corrected chi connectivity index (χ2v) is 6.60. The lowest BCUT2D eigenvalue weighted by atomic mass is 10.1. The molecule has 0 aliphatic rings. The van der Waals surface area contributed by atoms with Gasteiger partial charge in [0.15, 0.2) is 0 Å². The molecule has 0 bridgehead atoms. The van der Waals surface area contributed by atoms with Crippen LogP contribution in [0.5, 0.6) is 0 Å². The van der Waals surface area contributed by atoms with Gasteiger partial charge in [0.25, 0.3) is 5.91 Å². The lowest BCUT2D eigenvalue weighted by Gasteiger charge is -2.10. The van der Waals surface area contributed by atoms with E-state index in [9.17, 15) is 4.79 Å². The smallest absolute Gasteiger partial charge is 0.251 e. The normalized spacial score (nSPS) is 10.7. The molecule has 2 N–H and O–H groups in total. The fourth-order valence-corrected chi connectivity index (χ4v) is 2.34. The molecule has 0 saturated heterocycles. The molecule has 2 aromatic rings. The summed E-state index contributed by atoms with van der Waals surface area (Å²) in [5.74, 6) is 0.367. The van der Waals surface area contributed by atoms with Crippen molar-refractivity contribution in [3.63, 3.8) is 0 Å². The summed E-state index contributed by atoms with van der Waals surface area (Å²) in [5, 5.41) is 7.28. The molecule has 0 fully saturated rings. The van der Waals surface area contributed by atoms with Crippen LogP contribution in [0.4, 0.5) is 5.69 Å². The first kappa shape index (κ1) is 17.6. The van der Waals surface area contributed by atoms with Crippen LogP contribution in [0.2, 0.25) is 10.0 Å². The first-order valence-corrected chi connectivity index (χ1v) is 8.27. The molecule has 0 unspecified atom stereocenters. The van der Waals surface area contributed by atoms with E-state index in [2.05, 4.69) is 24.5 Å². The van der Waals surface area contributed by atoms with Gasteiger partial charge in [0, 0.05) is 24.3 Å². The van der Waals surface area contributed by atoms with E-state index in [0.29, 0.717) is 34.6 Å². The largest absolute Gasteiger partial charge is 0.381 e. The molecule has 122 valence electrons. The molecule has 0 spiro atoms. The van der Waals surface area contributed by atoms with Gasteiger partial charge in [-0.1, -0.05) is 49.2 Å². The van der Waals surface area contributed by atoms with Gasteiger partial charge in [-0.2, -0.15) is 0 Å². The highest BCUT2D eigenvalue weighted by Crippen LogP contribution is 2.23. The number of carbonyl (C=O) groups is 1. The lowest BCUT2D eigenvalue weighted by Crippen LogP contribution is -2.27. The number of benzene rings is 2. The average molecular weight is 351 g/mol. The molecule has 0 atom stereocenters. The van der Waals surface area contributed by atoms with Crippen molar-refractivity contribution in [2.75, 3.05) is 11.9 Å². The third-order valence-electron chi connectivity index (χ3n) is 3.28. The van der Waals surface area contributed by atoms with Crippen LogP contribution in [0.1, 0.15) is 29.8 Å². The third-order valence-corrected chi connectivity index (χ3v) is 4.02. The maximum atomic E-state index is 12.1. The predicted octanol–water partition coefficient (Wildman–Crippen LogP) is 4.99. The van der Waals surface area contributed by atoms with Crippen molar-refractivity contribution in [1.29, 1.82) is 0 Å². The Hall–Kier alpha value is -1.71. The predicted molar refractivity (Wildman–Crippen MR) is 97.4 cm³/mol. The Bertz CT molecular complexity index is 686. The van der Waals surface area contributed by atoms with Gasteiger partial charge >= 0.3 is 0 Å². The number of hydrogen-bond acceptors (Lipinski definition) is 2. The summed E-state index contributed by atoms with van der Waals surface area (Å²) in [6, 6.07) is 13.0. The second kappa shape index (κ2) is 8.23. The molecule has 1 amide bonds. The van der Waals surface area contributed by atoms with Crippen molar-refractivity contribution in [3.8, 4) is 0 Å². The Morgan fingerprint density at radius 1 is 1.09 bits per heavy atom. The van der Waals surface area contributed by atoms with Crippen LogP contribution >= 0.6 is 23.2 Å². The number of rotatable bonds is 6. The van der Waals surface area contributed by atoms with Gasteiger partial charge in [-0.25, -0.2) is 0 Å². The van der Waals surface area contributed by atoms with E-state index in [1.165, 1.54) is 0 Å². The first-order chi connectivity index (χ1) is 11.0. The van der Waals surface area contributed by atoms with Crippen molar-refractivity contribution < 1.29 is 4.79 Å². The summed E-state index contributed by atoms with van der Waals surface area (Å²) < 4.78 is 0. The van der Waals surface area contributed by atoms with Gasteiger partial charge in [0.1, 0.15) is 0 Å². The maximum Gasteiger partial charge on any atom is 0.251 e. The average Bonchev–Trinajstić information content (AvgIpc) is 2.54. The van der Waals surface area contributed by atoms with Crippen LogP contribution < -0.4 is 10.6 Å². The van der Waals surface area contributed by atoms with Crippen LogP contribution in [-0.2, 0) is 6.54 Å². The number of anilines is 1. The quantitative estimate of drug-likeness (QED) is 0.770. The summed E-state index contributed by atoms with van der Waals surface area (Å²) in [6.07, 6.45) is 0. The number of halogens is 2. The SMILES string of the molecule is CC(C)CNC(=O)c1cccc(NCc2ccc(Cl)c(Cl)c2)c1. The molecule has 0 heterocycles. The van der Waals surface area contributed by atoms with Gasteiger partial charge in [-0.15, -0.1) is 0 Å². The zero-order chi connectivity index (χ0) is 16.8. The van der Waals surface area contributed by atoms with Crippen molar-refractivity contribution in [2.24, 2.45) is 5.92 Å². The molecule has 3 nitrogen and oxygen atoms in total. The lowest BCUT2D eigenvalue weighted by molar-refractivity contribution is 0.0949. The number of nitrogens with one attached hydrogen (secondary N) is 2. The molecular formula is C18H20Cl2N2O. The van der Waals surface area contributed by atoms with Crippen LogP contribution in [0.25, 0.3) is 0 Å². The van der Waals surface area contributed by atoms with E-state index in [0.717, 1.165) is 11.3 Å². The fraction of sp³-hybridized carbons (Fsp3) is 0.278. The van der Waals surface area contributed by atoms with Crippen molar-refractivity contribution >= 4 is 34.8 Å².